The van der Waals surface area contributed by atoms with Gasteiger partial charge in [-0.15, -0.1) is 23.1 Å². The number of β-lactam (4-membered cyclic amide) rings is 1. The molecular weight excluding hydrogens is 398 g/mol. The molecule has 0 aliphatic carbocycles. The molecule has 0 saturated carbocycles. The highest BCUT2D eigenvalue weighted by Crippen LogP contribution is 2.43. The van der Waals surface area contributed by atoms with Crippen molar-refractivity contribution in [1.82, 2.24) is 15.2 Å². The molecule has 3 aliphatic rings. The van der Waals surface area contributed by atoms with Crippen LogP contribution in [-0.2, 0) is 24.0 Å². The Morgan fingerprint density at radius 2 is 2.33 bits per heavy atom. The molecule has 142 valence electrons. The topological polar surface area (TPSA) is 156 Å². The second-order valence-electron chi connectivity index (χ2n) is 5.69. The van der Waals surface area contributed by atoms with Crippen LogP contribution in [0, 0.1) is 0 Å². The highest BCUT2D eigenvalue weighted by molar-refractivity contribution is 8.00. The summed E-state index contributed by atoms with van der Waals surface area (Å²) < 4.78 is 4.75. The molecule has 2 amide bonds. The number of aliphatic hydroxyl groups excluding tert-OH is 1. The predicted octanol–water partition coefficient (Wildman–Crippen LogP) is -1.39. The number of hydrogen-bond acceptors (Lipinski definition) is 11. The Balaban J connectivity index is 1.52. The third kappa shape index (κ3) is 2.74. The average molecular weight is 411 g/mol. The molecule has 1 fully saturated rings. The van der Waals surface area contributed by atoms with Crippen molar-refractivity contribution in [2.24, 2.45) is 5.16 Å². The number of fused-ring (bicyclic) bond motifs is 2. The third-order valence-electron chi connectivity index (χ3n) is 4.16. The largest absolute Gasteiger partial charge is 0.427 e. The van der Waals surface area contributed by atoms with Crippen molar-refractivity contribution in [1.29, 1.82) is 0 Å². The van der Waals surface area contributed by atoms with Crippen molar-refractivity contribution in [3.05, 3.63) is 22.3 Å². The number of nitrogen functional groups attached to an aromatic ring is 1. The van der Waals surface area contributed by atoms with Crippen LogP contribution in [0.25, 0.3) is 0 Å². The minimum atomic E-state index is -1.34. The van der Waals surface area contributed by atoms with Gasteiger partial charge in [0.25, 0.3) is 11.8 Å². The van der Waals surface area contributed by atoms with Crippen molar-refractivity contribution in [3.63, 3.8) is 0 Å². The molecule has 0 radical (unpaired) electrons. The summed E-state index contributed by atoms with van der Waals surface area (Å²) in [5.41, 5.74) is 6.11. The second kappa shape index (κ2) is 6.51. The number of cyclic esters (lactones) is 1. The van der Waals surface area contributed by atoms with Gasteiger partial charge in [0.2, 0.25) is 6.29 Å². The Morgan fingerprint density at radius 1 is 1.56 bits per heavy atom. The number of hydrogen-bond donors (Lipinski definition) is 3. The molecule has 0 bridgehead atoms. The lowest BCUT2D eigenvalue weighted by Crippen LogP contribution is -2.70. The first-order chi connectivity index (χ1) is 12.9. The van der Waals surface area contributed by atoms with Gasteiger partial charge < -0.3 is 25.7 Å². The molecule has 3 unspecified atom stereocenters. The van der Waals surface area contributed by atoms with Gasteiger partial charge in [0.05, 0.1) is 0 Å². The fraction of sp³-hybridized carbons (Fsp3) is 0.357. The number of anilines is 1. The molecule has 4 rings (SSSR count). The van der Waals surface area contributed by atoms with Crippen LogP contribution in [0.4, 0.5) is 5.13 Å². The molecule has 4 heterocycles. The number of carbonyl (C=O) groups is 3. The number of thioether (sulfide) groups is 1. The van der Waals surface area contributed by atoms with E-state index in [-0.39, 0.29) is 22.2 Å². The number of esters is 1. The minimum Gasteiger partial charge on any atom is -0.427 e. The molecule has 3 atom stereocenters. The van der Waals surface area contributed by atoms with Gasteiger partial charge in [-0.2, -0.15) is 0 Å². The molecule has 27 heavy (non-hydrogen) atoms. The number of carbonyl (C=O) groups excluding carboxylic acids is 3. The average Bonchev–Trinajstić information content (AvgIpc) is 3.19. The van der Waals surface area contributed by atoms with Crippen molar-refractivity contribution >= 4 is 51.7 Å². The molecule has 0 aromatic carbocycles. The molecule has 0 spiro atoms. The number of nitrogens with two attached hydrogens (primary N) is 1. The van der Waals surface area contributed by atoms with Crippen LogP contribution in [0.15, 0.2) is 21.8 Å². The van der Waals surface area contributed by atoms with E-state index in [0.29, 0.717) is 11.3 Å². The van der Waals surface area contributed by atoms with E-state index in [2.05, 4.69) is 15.5 Å². The first-order valence-corrected chi connectivity index (χ1v) is 9.55. The Bertz CT molecular complexity index is 912. The molecule has 4 N–H and O–H groups in total. The lowest BCUT2D eigenvalue weighted by atomic mass is 10.0. The van der Waals surface area contributed by atoms with E-state index < -0.39 is 35.5 Å². The molecule has 11 nitrogen and oxygen atoms in total. The predicted molar refractivity (Wildman–Crippen MR) is 94.2 cm³/mol. The quantitative estimate of drug-likeness (QED) is 0.235. The Kier molecular flexibility index (Phi) is 4.28. The van der Waals surface area contributed by atoms with E-state index in [1.165, 1.54) is 23.8 Å². The summed E-state index contributed by atoms with van der Waals surface area (Å²) in [7, 11) is 1.28. The van der Waals surface area contributed by atoms with Crippen LogP contribution in [-0.4, -0.2) is 69.1 Å². The van der Waals surface area contributed by atoms with E-state index in [9.17, 15) is 19.5 Å². The van der Waals surface area contributed by atoms with Crippen LogP contribution in [0.5, 0.6) is 0 Å². The summed E-state index contributed by atoms with van der Waals surface area (Å²) >= 11 is 2.44. The van der Waals surface area contributed by atoms with Crippen LogP contribution in [0.2, 0.25) is 0 Å². The monoisotopic (exact) mass is 411 g/mol. The number of aliphatic hydroxyl groups is 1. The smallest absolute Gasteiger partial charge is 0.357 e. The fourth-order valence-electron chi connectivity index (χ4n) is 2.95. The van der Waals surface area contributed by atoms with E-state index in [1.807, 2.05) is 0 Å². The molecule has 1 saturated heterocycles. The first-order valence-electron chi connectivity index (χ1n) is 7.62. The van der Waals surface area contributed by atoms with Crippen LogP contribution in [0.1, 0.15) is 5.69 Å². The van der Waals surface area contributed by atoms with Crippen molar-refractivity contribution in [3.8, 4) is 0 Å². The van der Waals surface area contributed by atoms with Gasteiger partial charge in [-0.25, -0.2) is 9.78 Å². The molecular formula is C14H13N5O6S2. The maximum atomic E-state index is 12.6. The van der Waals surface area contributed by atoms with Crippen LogP contribution >= 0.6 is 23.1 Å². The number of aromatic nitrogens is 1. The summed E-state index contributed by atoms with van der Waals surface area (Å²) in [5, 5.41) is 17.3. The second-order valence-corrected chi connectivity index (χ2v) is 7.68. The van der Waals surface area contributed by atoms with Gasteiger partial charge in [0, 0.05) is 16.7 Å². The summed E-state index contributed by atoms with van der Waals surface area (Å²) in [6.45, 7) is 0. The summed E-state index contributed by atoms with van der Waals surface area (Å²) in [4.78, 5) is 46.9. The third-order valence-corrected chi connectivity index (χ3v) is 6.13. The zero-order valence-corrected chi connectivity index (χ0v) is 15.4. The standard InChI is InChI=1S/C14H13N5O6S2/c1-24-18-6(5-3-27-14(15)16-5)9(20)17-7-10(21)19-8-4(2-26-11(7)19)12(22)25-13(8)23/h3,7,11-12,22H,2H2,1H3,(H2,15,16)(H,17,20)/b18-6-. The van der Waals surface area contributed by atoms with Crippen molar-refractivity contribution in [2.45, 2.75) is 17.7 Å². The van der Waals surface area contributed by atoms with Crippen molar-refractivity contribution in [2.75, 3.05) is 18.6 Å². The molecule has 13 heteroatoms. The fourth-order valence-corrected chi connectivity index (χ4v) is 4.86. The number of oxime groups is 1. The Morgan fingerprint density at radius 3 is 3.00 bits per heavy atom. The SMILES string of the molecule is CO/N=C(\C(=O)NC1C(=O)N2C3=C(CSC12)C(O)OC3=O)c1csc(N)n1. The van der Waals surface area contributed by atoms with E-state index >= 15 is 0 Å². The number of nitrogens with zero attached hydrogens (tertiary/aromatic N) is 3. The molecule has 3 aliphatic heterocycles. The number of rotatable bonds is 4. The first kappa shape index (κ1) is 17.8. The van der Waals surface area contributed by atoms with E-state index in [0.717, 1.165) is 11.3 Å². The van der Waals surface area contributed by atoms with Crippen molar-refractivity contribution < 1.29 is 29.1 Å². The number of ether oxygens (including phenoxy) is 1. The van der Waals surface area contributed by atoms with Crippen LogP contribution in [0.3, 0.4) is 0 Å². The Labute approximate surface area is 160 Å². The lowest BCUT2D eigenvalue weighted by Gasteiger charge is -2.48. The van der Waals surface area contributed by atoms with Gasteiger partial charge >= 0.3 is 5.97 Å². The highest BCUT2D eigenvalue weighted by atomic mass is 32.2. The molecule has 1 aromatic heterocycles. The van der Waals surface area contributed by atoms with Gasteiger partial charge in [0.1, 0.15) is 29.9 Å². The number of thiazole rings is 1. The maximum Gasteiger partial charge on any atom is 0.357 e. The van der Waals surface area contributed by atoms with E-state index in [1.54, 1.807) is 5.38 Å². The summed E-state index contributed by atoms with van der Waals surface area (Å²) in [6, 6.07) is -0.861. The Hall–Kier alpha value is -2.64. The minimum absolute atomic E-state index is 0.0554. The van der Waals surface area contributed by atoms with Gasteiger partial charge in [0.15, 0.2) is 10.8 Å². The normalized spacial score (nSPS) is 27.0. The highest BCUT2D eigenvalue weighted by Gasteiger charge is 2.57. The lowest BCUT2D eigenvalue weighted by molar-refractivity contribution is -0.157. The van der Waals surface area contributed by atoms with Gasteiger partial charge in [-0.05, 0) is 0 Å². The van der Waals surface area contributed by atoms with E-state index in [4.69, 9.17) is 15.3 Å². The number of amides is 2. The zero-order valence-electron chi connectivity index (χ0n) is 13.7. The van der Waals surface area contributed by atoms with Gasteiger partial charge in [-0.3, -0.25) is 14.5 Å². The van der Waals surface area contributed by atoms with Gasteiger partial charge in [-0.1, -0.05) is 5.16 Å². The number of nitrogens with one attached hydrogen (secondary N) is 1. The molecule has 1 aromatic rings. The maximum absolute atomic E-state index is 12.6. The summed E-state index contributed by atoms with van der Waals surface area (Å²) in [6.07, 6.45) is -1.34. The summed E-state index contributed by atoms with van der Waals surface area (Å²) in [5.74, 6) is -1.58. The van der Waals surface area contributed by atoms with Crippen LogP contribution < -0.4 is 11.1 Å². The zero-order chi connectivity index (χ0) is 19.3.